The molecule has 0 aliphatic carbocycles. The van der Waals surface area contributed by atoms with Crippen molar-refractivity contribution in [2.75, 3.05) is 32.6 Å². The van der Waals surface area contributed by atoms with Gasteiger partial charge in [-0.05, 0) is 61.2 Å². The molecule has 4 rings (SSSR count). The fraction of sp³-hybridized carbons (Fsp3) is 0.435. The molecule has 2 unspecified atom stereocenters. The number of sulfonamides is 1. The number of hydrogen-bond donors (Lipinski definition) is 3. The summed E-state index contributed by atoms with van der Waals surface area (Å²) >= 11 is 0. The van der Waals surface area contributed by atoms with Gasteiger partial charge in [-0.3, -0.25) is 4.79 Å². The average Bonchev–Trinajstić information content (AvgIpc) is 3.35. The zero-order chi connectivity index (χ0) is 23.4. The lowest BCUT2D eigenvalue weighted by Crippen LogP contribution is -2.39. The first-order valence-electron chi connectivity index (χ1n) is 11.1. The van der Waals surface area contributed by atoms with E-state index in [-0.39, 0.29) is 16.8 Å². The number of ether oxygens (including phenoxy) is 2. The Labute approximate surface area is 194 Å². The number of carbonyl (C=O) groups excluding carboxylic acids is 1. The first kappa shape index (κ1) is 23.5. The largest absolute Gasteiger partial charge is 0.497 e. The van der Waals surface area contributed by atoms with Crippen molar-refractivity contribution in [1.29, 1.82) is 0 Å². The molecule has 0 saturated carbocycles. The second-order valence-electron chi connectivity index (χ2n) is 8.22. The minimum Gasteiger partial charge on any atom is -0.497 e. The predicted octanol–water partition coefficient (Wildman–Crippen LogP) is 2.42. The van der Waals surface area contributed by atoms with Crippen LogP contribution >= 0.6 is 0 Å². The molecule has 0 radical (unpaired) electrons. The number of nitrogens with one attached hydrogen (secondary N) is 3. The summed E-state index contributed by atoms with van der Waals surface area (Å²) in [7, 11) is -0.604. The molecule has 33 heavy (non-hydrogen) atoms. The Morgan fingerprint density at radius 1 is 1.00 bits per heavy atom. The molecular formula is C23H30N4O5S. The van der Waals surface area contributed by atoms with E-state index in [0.29, 0.717) is 36.7 Å². The number of carbonyl (C=O) groups is 1. The molecular weight excluding hydrogens is 444 g/mol. The summed E-state index contributed by atoms with van der Waals surface area (Å²) in [5, 5.41) is 2.88. The van der Waals surface area contributed by atoms with E-state index in [2.05, 4.69) is 16.2 Å². The fourth-order valence-electron chi connectivity index (χ4n) is 4.21. The molecule has 9 nitrogen and oxygen atoms in total. The number of methoxy groups -OCH3 is 2. The molecule has 0 bridgehead atoms. The van der Waals surface area contributed by atoms with E-state index in [9.17, 15) is 13.2 Å². The van der Waals surface area contributed by atoms with E-state index < -0.39 is 16.1 Å². The van der Waals surface area contributed by atoms with Gasteiger partial charge in [0.25, 0.3) is 0 Å². The van der Waals surface area contributed by atoms with Crippen molar-refractivity contribution in [2.24, 2.45) is 0 Å². The summed E-state index contributed by atoms with van der Waals surface area (Å²) in [5.41, 5.74) is 7.59. The molecule has 10 heteroatoms. The van der Waals surface area contributed by atoms with Crippen LogP contribution in [-0.4, -0.2) is 52.0 Å². The Kier molecular flexibility index (Phi) is 7.18. The average molecular weight is 475 g/mol. The van der Waals surface area contributed by atoms with Gasteiger partial charge in [0, 0.05) is 24.8 Å². The first-order valence-corrected chi connectivity index (χ1v) is 12.5. The summed E-state index contributed by atoms with van der Waals surface area (Å²) in [4.78, 5) is 12.9. The van der Waals surface area contributed by atoms with Crippen LogP contribution < -0.4 is 25.6 Å². The van der Waals surface area contributed by atoms with Crippen molar-refractivity contribution in [3.8, 4) is 11.5 Å². The third kappa shape index (κ3) is 5.14. The van der Waals surface area contributed by atoms with Crippen molar-refractivity contribution < 1.29 is 22.7 Å². The van der Waals surface area contributed by atoms with Gasteiger partial charge >= 0.3 is 0 Å². The highest BCUT2D eigenvalue weighted by atomic mass is 32.2. The Hall–Kier alpha value is -2.66. The maximum absolute atomic E-state index is 13.3. The van der Waals surface area contributed by atoms with E-state index in [1.54, 1.807) is 43.5 Å². The van der Waals surface area contributed by atoms with Crippen LogP contribution in [0.4, 0.5) is 5.69 Å². The SMILES string of the molecule is COc1ccc(NC(=O)C2CC(c3ccc(OC)c(S(=O)(=O)N4CCCCC4)c3)NN2)cc1. The molecule has 2 heterocycles. The number of anilines is 1. The second kappa shape index (κ2) is 10.1. The quantitative estimate of drug-likeness (QED) is 0.565. The molecule has 2 aromatic rings. The standard InChI is InChI=1S/C23H30N4O5S/c1-31-18-9-7-17(8-10-18)24-23(28)20-15-19(25-26-20)16-6-11-21(32-2)22(14-16)33(29,30)27-12-4-3-5-13-27/h6-11,14,19-20,25-26H,3-5,12-13,15H2,1-2H3,(H,24,28). The normalized spacial score (nSPS) is 21.5. The Morgan fingerprint density at radius 3 is 2.39 bits per heavy atom. The van der Waals surface area contributed by atoms with Crippen LogP contribution in [0.1, 0.15) is 37.3 Å². The van der Waals surface area contributed by atoms with Crippen molar-refractivity contribution in [1.82, 2.24) is 15.2 Å². The maximum atomic E-state index is 13.3. The third-order valence-electron chi connectivity index (χ3n) is 6.10. The molecule has 3 N–H and O–H groups in total. The number of hydrazine groups is 1. The Morgan fingerprint density at radius 2 is 1.73 bits per heavy atom. The zero-order valence-electron chi connectivity index (χ0n) is 18.8. The summed E-state index contributed by atoms with van der Waals surface area (Å²) < 4.78 is 38.6. The molecule has 0 aromatic heterocycles. The molecule has 1 amide bonds. The molecule has 0 spiro atoms. The van der Waals surface area contributed by atoms with Crippen LogP contribution in [0.5, 0.6) is 11.5 Å². The molecule has 2 aromatic carbocycles. The van der Waals surface area contributed by atoms with Crippen molar-refractivity contribution >= 4 is 21.6 Å². The number of amides is 1. The number of benzene rings is 2. The van der Waals surface area contributed by atoms with E-state index in [4.69, 9.17) is 9.47 Å². The lowest BCUT2D eigenvalue weighted by molar-refractivity contribution is -0.117. The van der Waals surface area contributed by atoms with Gasteiger partial charge in [0.1, 0.15) is 22.4 Å². The van der Waals surface area contributed by atoms with Gasteiger partial charge in [-0.15, -0.1) is 0 Å². The van der Waals surface area contributed by atoms with Gasteiger partial charge in [-0.1, -0.05) is 12.5 Å². The molecule has 2 aliphatic heterocycles. The molecule has 2 saturated heterocycles. The van der Waals surface area contributed by atoms with Crippen LogP contribution in [0.2, 0.25) is 0 Å². The van der Waals surface area contributed by atoms with E-state index in [1.165, 1.54) is 11.4 Å². The Bertz CT molecular complexity index is 1080. The van der Waals surface area contributed by atoms with E-state index >= 15 is 0 Å². The first-order chi connectivity index (χ1) is 15.9. The second-order valence-corrected chi connectivity index (χ2v) is 10.1. The van der Waals surface area contributed by atoms with Gasteiger partial charge in [-0.25, -0.2) is 19.3 Å². The summed E-state index contributed by atoms with van der Waals surface area (Å²) in [5.74, 6) is 0.859. The third-order valence-corrected chi connectivity index (χ3v) is 8.02. The van der Waals surface area contributed by atoms with Crippen LogP contribution in [0.3, 0.4) is 0 Å². The van der Waals surface area contributed by atoms with E-state index in [0.717, 1.165) is 24.8 Å². The highest BCUT2D eigenvalue weighted by molar-refractivity contribution is 7.89. The summed E-state index contributed by atoms with van der Waals surface area (Å²) in [6, 6.07) is 11.6. The highest BCUT2D eigenvalue weighted by Crippen LogP contribution is 2.33. The van der Waals surface area contributed by atoms with Crippen LogP contribution in [0.25, 0.3) is 0 Å². The van der Waals surface area contributed by atoms with Crippen LogP contribution in [0.15, 0.2) is 47.4 Å². The maximum Gasteiger partial charge on any atom is 0.246 e. The fourth-order valence-corrected chi connectivity index (χ4v) is 5.91. The van der Waals surface area contributed by atoms with Gasteiger partial charge in [0.05, 0.1) is 14.2 Å². The van der Waals surface area contributed by atoms with Gasteiger partial charge < -0.3 is 14.8 Å². The number of piperidine rings is 1. The lowest BCUT2D eigenvalue weighted by Gasteiger charge is -2.27. The topological polar surface area (TPSA) is 109 Å². The molecule has 178 valence electrons. The monoisotopic (exact) mass is 474 g/mol. The molecule has 2 atom stereocenters. The number of hydrogen-bond acceptors (Lipinski definition) is 7. The molecule has 2 aliphatic rings. The van der Waals surface area contributed by atoms with Crippen molar-refractivity contribution in [3.05, 3.63) is 48.0 Å². The van der Waals surface area contributed by atoms with Gasteiger partial charge in [0.15, 0.2) is 0 Å². The van der Waals surface area contributed by atoms with Crippen LogP contribution in [-0.2, 0) is 14.8 Å². The highest BCUT2D eigenvalue weighted by Gasteiger charge is 2.33. The number of nitrogens with zero attached hydrogens (tertiary/aromatic N) is 1. The zero-order valence-corrected chi connectivity index (χ0v) is 19.7. The van der Waals surface area contributed by atoms with Gasteiger partial charge in [0.2, 0.25) is 15.9 Å². The smallest absolute Gasteiger partial charge is 0.246 e. The van der Waals surface area contributed by atoms with E-state index in [1.807, 2.05) is 6.07 Å². The van der Waals surface area contributed by atoms with Gasteiger partial charge in [-0.2, -0.15) is 4.31 Å². The minimum atomic E-state index is -3.66. The molecule has 2 fully saturated rings. The Balaban J connectivity index is 1.48. The van der Waals surface area contributed by atoms with Crippen molar-refractivity contribution in [3.63, 3.8) is 0 Å². The van der Waals surface area contributed by atoms with Crippen LogP contribution in [0, 0.1) is 0 Å². The van der Waals surface area contributed by atoms with Crippen molar-refractivity contribution in [2.45, 2.75) is 42.7 Å². The number of rotatable bonds is 7. The predicted molar refractivity (Wildman–Crippen MR) is 125 cm³/mol. The minimum absolute atomic E-state index is 0.164. The summed E-state index contributed by atoms with van der Waals surface area (Å²) in [6.07, 6.45) is 3.24. The summed E-state index contributed by atoms with van der Waals surface area (Å²) in [6.45, 7) is 1.04. The lowest BCUT2D eigenvalue weighted by atomic mass is 10.0.